The van der Waals surface area contributed by atoms with Gasteiger partial charge in [0.2, 0.25) is 0 Å². The van der Waals surface area contributed by atoms with Crippen LogP contribution in [0.1, 0.15) is 40.8 Å². The van der Waals surface area contributed by atoms with E-state index in [2.05, 4.69) is 16.4 Å². The highest BCUT2D eigenvalue weighted by Gasteiger charge is 2.36. The van der Waals surface area contributed by atoms with Gasteiger partial charge in [0.15, 0.2) is 5.76 Å². The SMILES string of the molecule is CSCc1ccc(C(=O)N[C@@H](c2cnc3ccccc3c2)C2CC(O)C2)o1. The number of aliphatic hydroxyl groups excluding tert-OH is 1. The van der Waals surface area contributed by atoms with E-state index in [-0.39, 0.29) is 24.0 Å². The van der Waals surface area contributed by atoms with Crippen molar-refractivity contribution in [3.05, 3.63) is 65.7 Å². The molecule has 0 aliphatic heterocycles. The van der Waals surface area contributed by atoms with Gasteiger partial charge < -0.3 is 14.8 Å². The molecule has 1 amide bonds. The van der Waals surface area contributed by atoms with Crippen molar-refractivity contribution in [2.75, 3.05) is 6.26 Å². The number of thioether (sulfide) groups is 1. The number of hydrogen-bond donors (Lipinski definition) is 2. The Morgan fingerprint density at radius 3 is 2.93 bits per heavy atom. The fourth-order valence-electron chi connectivity index (χ4n) is 3.57. The standard InChI is InChI=1S/C21H22N2O3S/c1-27-12-17-6-7-19(26-17)21(25)23-20(14-9-16(24)10-14)15-8-13-4-2-3-5-18(13)22-11-15/h2-8,11,14,16,20,24H,9-10,12H2,1H3,(H,23,25)/t14?,16?,20-/m1/s1. The van der Waals surface area contributed by atoms with Gasteiger partial charge in [0.1, 0.15) is 5.76 Å². The third-order valence-corrected chi connectivity index (χ3v) is 5.62. The summed E-state index contributed by atoms with van der Waals surface area (Å²) in [6.07, 6.45) is 4.87. The number of carbonyl (C=O) groups is 1. The molecule has 1 atom stereocenters. The van der Waals surface area contributed by atoms with Gasteiger partial charge >= 0.3 is 0 Å². The Morgan fingerprint density at radius 2 is 2.15 bits per heavy atom. The van der Waals surface area contributed by atoms with E-state index in [1.807, 2.05) is 42.8 Å². The van der Waals surface area contributed by atoms with E-state index < -0.39 is 0 Å². The van der Waals surface area contributed by atoms with Gasteiger partial charge in [-0.3, -0.25) is 9.78 Å². The van der Waals surface area contributed by atoms with Crippen LogP contribution < -0.4 is 5.32 Å². The second-order valence-corrected chi connectivity index (χ2v) is 7.86. The molecular weight excluding hydrogens is 360 g/mol. The van der Waals surface area contributed by atoms with Crippen molar-refractivity contribution in [1.82, 2.24) is 10.3 Å². The summed E-state index contributed by atoms with van der Waals surface area (Å²) in [5.74, 6) is 1.79. The van der Waals surface area contributed by atoms with Crippen molar-refractivity contribution in [2.45, 2.75) is 30.7 Å². The summed E-state index contributed by atoms with van der Waals surface area (Å²) in [6, 6.07) is 13.3. The van der Waals surface area contributed by atoms with Crippen LogP contribution in [0.25, 0.3) is 10.9 Å². The number of benzene rings is 1. The molecule has 6 heteroatoms. The monoisotopic (exact) mass is 382 g/mol. The van der Waals surface area contributed by atoms with Crippen LogP contribution in [-0.2, 0) is 5.75 Å². The molecule has 140 valence electrons. The van der Waals surface area contributed by atoms with Crippen molar-refractivity contribution in [2.24, 2.45) is 5.92 Å². The summed E-state index contributed by atoms with van der Waals surface area (Å²) in [7, 11) is 0. The zero-order valence-electron chi connectivity index (χ0n) is 15.1. The number of furan rings is 1. The Bertz CT molecular complexity index is 949. The van der Waals surface area contributed by atoms with Gasteiger partial charge in [0.05, 0.1) is 23.4 Å². The molecule has 4 rings (SSSR count). The van der Waals surface area contributed by atoms with Crippen LogP contribution in [0.2, 0.25) is 0 Å². The highest BCUT2D eigenvalue weighted by molar-refractivity contribution is 7.97. The number of amides is 1. The lowest BCUT2D eigenvalue weighted by atomic mass is 9.75. The lowest BCUT2D eigenvalue weighted by molar-refractivity contribution is 0.0232. The van der Waals surface area contributed by atoms with Crippen LogP contribution in [-0.4, -0.2) is 28.4 Å². The van der Waals surface area contributed by atoms with Gasteiger partial charge in [-0.25, -0.2) is 0 Å². The fourth-order valence-corrected chi connectivity index (χ4v) is 4.01. The summed E-state index contributed by atoms with van der Waals surface area (Å²) in [5, 5.41) is 13.9. The molecule has 1 fully saturated rings. The zero-order chi connectivity index (χ0) is 18.8. The Kier molecular flexibility index (Phi) is 5.18. The van der Waals surface area contributed by atoms with Gasteiger partial charge in [0, 0.05) is 11.6 Å². The molecule has 1 aliphatic rings. The first-order valence-electron chi connectivity index (χ1n) is 9.05. The van der Waals surface area contributed by atoms with Gasteiger partial charge in [-0.1, -0.05) is 18.2 Å². The Hall–Kier alpha value is -2.31. The lowest BCUT2D eigenvalue weighted by Gasteiger charge is -2.38. The number of aromatic nitrogens is 1. The van der Waals surface area contributed by atoms with Crippen LogP contribution in [0.3, 0.4) is 0 Å². The number of fused-ring (bicyclic) bond motifs is 1. The number of nitrogens with one attached hydrogen (secondary N) is 1. The largest absolute Gasteiger partial charge is 0.455 e. The average Bonchev–Trinajstić information content (AvgIpc) is 3.12. The van der Waals surface area contributed by atoms with E-state index in [9.17, 15) is 9.90 Å². The van der Waals surface area contributed by atoms with Crippen molar-refractivity contribution >= 4 is 28.6 Å². The summed E-state index contributed by atoms with van der Waals surface area (Å²) in [6.45, 7) is 0. The maximum absolute atomic E-state index is 12.7. The minimum absolute atomic E-state index is 0.188. The molecule has 1 aliphatic carbocycles. The average molecular weight is 382 g/mol. The Morgan fingerprint density at radius 1 is 1.33 bits per heavy atom. The molecule has 0 saturated heterocycles. The predicted molar refractivity (Wildman–Crippen MR) is 107 cm³/mol. The summed E-state index contributed by atoms with van der Waals surface area (Å²) >= 11 is 1.65. The van der Waals surface area contributed by atoms with Crippen LogP contribution in [0, 0.1) is 5.92 Å². The third kappa shape index (κ3) is 3.87. The first-order valence-corrected chi connectivity index (χ1v) is 10.4. The van der Waals surface area contributed by atoms with Crippen molar-refractivity contribution < 1.29 is 14.3 Å². The minimum Gasteiger partial charge on any atom is -0.455 e. The fraction of sp³-hybridized carbons (Fsp3) is 0.333. The van der Waals surface area contributed by atoms with Gasteiger partial charge in [-0.15, -0.1) is 0 Å². The second-order valence-electron chi connectivity index (χ2n) is 7.00. The van der Waals surface area contributed by atoms with Gasteiger partial charge in [-0.05, 0) is 54.8 Å². The quantitative estimate of drug-likeness (QED) is 0.676. The van der Waals surface area contributed by atoms with E-state index in [1.54, 1.807) is 17.8 Å². The van der Waals surface area contributed by atoms with Crippen LogP contribution >= 0.6 is 11.8 Å². The molecule has 0 bridgehead atoms. The van der Waals surface area contributed by atoms with Gasteiger partial charge in [-0.2, -0.15) is 11.8 Å². The first kappa shape index (κ1) is 18.1. The van der Waals surface area contributed by atoms with Crippen LogP contribution in [0.15, 0.2) is 53.1 Å². The molecule has 0 unspecified atom stereocenters. The molecule has 3 aromatic rings. The molecule has 1 aromatic carbocycles. The predicted octanol–water partition coefficient (Wildman–Crippen LogP) is 3.93. The number of para-hydroxylation sites is 1. The molecule has 2 aromatic heterocycles. The third-order valence-electron chi connectivity index (χ3n) is 5.05. The highest BCUT2D eigenvalue weighted by Crippen LogP contribution is 2.38. The highest BCUT2D eigenvalue weighted by atomic mass is 32.2. The summed E-state index contributed by atoms with van der Waals surface area (Å²) < 4.78 is 5.65. The molecule has 5 nitrogen and oxygen atoms in total. The normalized spacial score (nSPS) is 20.2. The first-order chi connectivity index (χ1) is 13.1. The van der Waals surface area contributed by atoms with Gasteiger partial charge in [0.25, 0.3) is 5.91 Å². The number of pyridine rings is 1. The molecule has 2 N–H and O–H groups in total. The smallest absolute Gasteiger partial charge is 0.287 e. The number of aliphatic hydroxyl groups is 1. The lowest BCUT2D eigenvalue weighted by Crippen LogP contribution is -2.41. The molecular formula is C21H22N2O3S. The van der Waals surface area contributed by atoms with Crippen molar-refractivity contribution in [3.8, 4) is 0 Å². The molecule has 2 heterocycles. The second kappa shape index (κ2) is 7.74. The minimum atomic E-state index is -0.292. The van der Waals surface area contributed by atoms with E-state index >= 15 is 0 Å². The number of hydrogen-bond acceptors (Lipinski definition) is 5. The molecule has 27 heavy (non-hydrogen) atoms. The van der Waals surface area contributed by atoms with Crippen molar-refractivity contribution in [1.29, 1.82) is 0 Å². The van der Waals surface area contributed by atoms with Crippen LogP contribution in [0.4, 0.5) is 0 Å². The molecule has 0 radical (unpaired) electrons. The van der Waals surface area contributed by atoms with Crippen molar-refractivity contribution in [3.63, 3.8) is 0 Å². The summed E-state index contributed by atoms with van der Waals surface area (Å²) in [5.41, 5.74) is 1.88. The number of nitrogens with zero attached hydrogens (tertiary/aromatic N) is 1. The Labute approximate surface area is 162 Å². The maximum atomic E-state index is 12.7. The van der Waals surface area contributed by atoms with E-state index in [4.69, 9.17) is 4.42 Å². The maximum Gasteiger partial charge on any atom is 0.287 e. The zero-order valence-corrected chi connectivity index (χ0v) is 15.9. The van der Waals surface area contributed by atoms with E-state index in [0.717, 1.165) is 28.0 Å². The van der Waals surface area contributed by atoms with E-state index in [0.29, 0.717) is 18.6 Å². The number of carbonyl (C=O) groups excluding carboxylic acids is 1. The van der Waals surface area contributed by atoms with Crippen LogP contribution in [0.5, 0.6) is 0 Å². The topological polar surface area (TPSA) is 75.4 Å². The molecule has 0 spiro atoms. The molecule has 1 saturated carbocycles. The summed E-state index contributed by atoms with van der Waals surface area (Å²) in [4.78, 5) is 17.3. The Balaban J connectivity index is 1.59. The number of rotatable bonds is 6. The van der Waals surface area contributed by atoms with E-state index in [1.165, 1.54) is 0 Å².